The Morgan fingerprint density at radius 2 is 1.82 bits per heavy atom. The summed E-state index contributed by atoms with van der Waals surface area (Å²) in [5, 5.41) is 0. The van der Waals surface area contributed by atoms with Crippen molar-refractivity contribution < 1.29 is 23.8 Å². The lowest BCUT2D eigenvalue weighted by Crippen LogP contribution is -2.68. The van der Waals surface area contributed by atoms with Gasteiger partial charge in [-0.2, -0.15) is 0 Å². The molecule has 22 heavy (non-hydrogen) atoms. The van der Waals surface area contributed by atoms with Crippen molar-refractivity contribution in [3.05, 3.63) is 35.9 Å². The summed E-state index contributed by atoms with van der Waals surface area (Å²) in [6, 6.07) is 9.07. The monoisotopic (exact) mass is 305 g/mol. The van der Waals surface area contributed by atoms with Crippen LogP contribution in [0.3, 0.4) is 0 Å². The number of rotatable bonds is 2. The molecule has 0 bridgehead atoms. The van der Waals surface area contributed by atoms with Crippen molar-refractivity contribution in [2.24, 2.45) is 0 Å². The number of carbonyl (C=O) groups excluding carboxylic acids is 2. The van der Waals surface area contributed by atoms with Crippen molar-refractivity contribution in [1.82, 2.24) is 4.90 Å². The predicted octanol–water partition coefficient (Wildman–Crippen LogP) is 1.39. The Bertz CT molecular complexity index is 614. The molecule has 2 fully saturated rings. The van der Waals surface area contributed by atoms with E-state index in [1.54, 1.807) is 26.0 Å². The van der Waals surface area contributed by atoms with Gasteiger partial charge in [-0.15, -0.1) is 0 Å². The molecule has 2 saturated heterocycles. The number of hydrogen-bond donors (Lipinski definition) is 0. The maximum Gasteiger partial charge on any atom is 0.345 e. The lowest BCUT2D eigenvalue weighted by molar-refractivity contribution is -0.293. The van der Waals surface area contributed by atoms with E-state index < -0.39 is 29.6 Å². The zero-order chi connectivity index (χ0) is 16.1. The van der Waals surface area contributed by atoms with Crippen LogP contribution in [0.1, 0.15) is 26.3 Å². The Balaban J connectivity index is 2.04. The minimum absolute atomic E-state index is 0.163. The maximum atomic E-state index is 12.4. The number of carbonyl (C=O) groups is 2. The van der Waals surface area contributed by atoms with Crippen molar-refractivity contribution in [1.29, 1.82) is 0 Å². The fraction of sp³-hybridized carbons (Fsp3) is 0.500. The number of hydrogen-bond acceptors (Lipinski definition) is 5. The van der Waals surface area contributed by atoms with Gasteiger partial charge in [0.05, 0.1) is 7.11 Å². The zero-order valence-corrected chi connectivity index (χ0v) is 13.0. The molecule has 0 saturated carbocycles. The second-order valence-corrected chi connectivity index (χ2v) is 5.98. The van der Waals surface area contributed by atoms with Crippen molar-refractivity contribution in [2.45, 2.75) is 44.4 Å². The van der Waals surface area contributed by atoms with Crippen molar-refractivity contribution in [2.75, 3.05) is 7.11 Å². The number of ether oxygens (including phenoxy) is 3. The lowest BCUT2D eigenvalue weighted by Gasteiger charge is -2.49. The van der Waals surface area contributed by atoms with Crippen LogP contribution in [0.2, 0.25) is 0 Å². The number of esters is 1. The van der Waals surface area contributed by atoms with E-state index in [0.29, 0.717) is 5.56 Å². The van der Waals surface area contributed by atoms with Gasteiger partial charge in [0.2, 0.25) is 11.5 Å². The Morgan fingerprint density at radius 3 is 2.36 bits per heavy atom. The molecule has 1 aromatic carbocycles. The minimum atomic E-state index is -1.33. The highest BCUT2D eigenvalue weighted by atomic mass is 16.7. The van der Waals surface area contributed by atoms with Gasteiger partial charge in [0.15, 0.2) is 6.23 Å². The van der Waals surface area contributed by atoms with Crippen molar-refractivity contribution in [3.63, 3.8) is 0 Å². The summed E-state index contributed by atoms with van der Waals surface area (Å²) in [5.41, 5.74) is -1.52. The first-order valence-electron chi connectivity index (χ1n) is 7.14. The molecule has 6 nitrogen and oxygen atoms in total. The predicted molar refractivity (Wildman–Crippen MR) is 76.5 cm³/mol. The Kier molecular flexibility index (Phi) is 3.27. The number of methoxy groups -OCH3 is 1. The molecule has 3 rings (SSSR count). The van der Waals surface area contributed by atoms with Gasteiger partial charge in [0, 0.05) is 6.92 Å². The van der Waals surface area contributed by atoms with E-state index in [-0.39, 0.29) is 5.91 Å². The van der Waals surface area contributed by atoms with Crippen molar-refractivity contribution in [3.8, 4) is 0 Å². The fourth-order valence-electron chi connectivity index (χ4n) is 3.36. The van der Waals surface area contributed by atoms with E-state index in [1.807, 2.05) is 18.2 Å². The van der Waals surface area contributed by atoms with Crippen LogP contribution in [0, 0.1) is 0 Å². The molecule has 1 aromatic rings. The van der Waals surface area contributed by atoms with Gasteiger partial charge in [0.25, 0.3) is 0 Å². The summed E-state index contributed by atoms with van der Waals surface area (Å²) in [5.74, 6) is -0.690. The summed E-state index contributed by atoms with van der Waals surface area (Å²) in [6.07, 6.45) is -1.19. The molecule has 6 heteroatoms. The molecular formula is C16H19NO5. The van der Waals surface area contributed by atoms with Gasteiger partial charge in [-0.05, 0) is 19.4 Å². The van der Waals surface area contributed by atoms with Crippen LogP contribution in [-0.2, 0) is 29.4 Å². The van der Waals surface area contributed by atoms with E-state index in [0.717, 1.165) is 0 Å². The first-order valence-corrected chi connectivity index (χ1v) is 7.14. The highest BCUT2D eigenvalue weighted by Gasteiger charge is 2.72. The molecule has 0 radical (unpaired) electrons. The first-order chi connectivity index (χ1) is 10.3. The second kappa shape index (κ2) is 4.79. The molecule has 2 aliphatic heterocycles. The summed E-state index contributed by atoms with van der Waals surface area (Å²) in [4.78, 5) is 25.8. The average molecular weight is 305 g/mol. The smallest absolute Gasteiger partial charge is 0.345 e. The quantitative estimate of drug-likeness (QED) is 0.773. The summed E-state index contributed by atoms with van der Waals surface area (Å²) in [6.45, 7) is 5.02. The molecule has 118 valence electrons. The van der Waals surface area contributed by atoms with Crippen LogP contribution < -0.4 is 0 Å². The molecule has 2 aliphatic rings. The zero-order valence-electron chi connectivity index (χ0n) is 13.0. The first kappa shape index (κ1) is 15.0. The lowest BCUT2D eigenvalue weighted by atomic mass is 9.82. The van der Waals surface area contributed by atoms with Crippen molar-refractivity contribution >= 4 is 11.9 Å². The normalized spacial score (nSPS) is 32.1. The molecule has 0 aromatic heterocycles. The van der Waals surface area contributed by atoms with E-state index in [4.69, 9.17) is 14.2 Å². The van der Waals surface area contributed by atoms with Gasteiger partial charge < -0.3 is 14.2 Å². The second-order valence-electron chi connectivity index (χ2n) is 5.98. The van der Waals surface area contributed by atoms with Crippen LogP contribution in [0.15, 0.2) is 30.3 Å². The third kappa shape index (κ3) is 1.80. The number of fused-ring (bicyclic) bond motifs is 1. The van der Waals surface area contributed by atoms with Gasteiger partial charge in [-0.3, -0.25) is 9.69 Å². The van der Waals surface area contributed by atoms with Gasteiger partial charge >= 0.3 is 5.97 Å². The average Bonchev–Trinajstić information content (AvgIpc) is 2.69. The maximum absolute atomic E-state index is 12.4. The topological polar surface area (TPSA) is 65.1 Å². The number of amides is 1. The SMILES string of the molecule is COC(=O)[C@]1(c2ccccc2)O[C@@H]2[C@H]1OC(C)(C)N2C(C)=O. The van der Waals surface area contributed by atoms with Crippen LogP contribution in [-0.4, -0.2) is 41.9 Å². The standard InChI is InChI=1S/C16H19NO5/c1-10(18)17-13-12(21-15(17,2)3)16(22-13,14(19)20-4)11-8-6-5-7-9-11/h5-9,12-13H,1-4H3/t12-,13-,16-/m1/s1. The Labute approximate surface area is 128 Å². The molecule has 0 N–H and O–H groups in total. The van der Waals surface area contributed by atoms with E-state index >= 15 is 0 Å². The summed E-state index contributed by atoms with van der Waals surface area (Å²) in [7, 11) is 1.31. The van der Waals surface area contributed by atoms with Crippen LogP contribution in [0.25, 0.3) is 0 Å². The number of nitrogens with zero attached hydrogens (tertiary/aromatic N) is 1. The highest BCUT2D eigenvalue weighted by Crippen LogP contribution is 2.53. The highest BCUT2D eigenvalue weighted by molar-refractivity contribution is 5.84. The van der Waals surface area contributed by atoms with Gasteiger partial charge in [-0.25, -0.2) is 4.79 Å². The third-order valence-corrected chi connectivity index (χ3v) is 4.25. The van der Waals surface area contributed by atoms with Crippen LogP contribution in [0.5, 0.6) is 0 Å². The van der Waals surface area contributed by atoms with E-state index in [9.17, 15) is 9.59 Å². The molecule has 3 atom stereocenters. The van der Waals surface area contributed by atoms with Gasteiger partial charge in [-0.1, -0.05) is 30.3 Å². The molecule has 0 aliphatic carbocycles. The summed E-state index contributed by atoms with van der Waals surface area (Å²) < 4.78 is 16.8. The van der Waals surface area contributed by atoms with E-state index in [1.165, 1.54) is 18.9 Å². The molecular weight excluding hydrogens is 286 g/mol. The molecule has 0 unspecified atom stereocenters. The minimum Gasteiger partial charge on any atom is -0.467 e. The number of benzene rings is 1. The van der Waals surface area contributed by atoms with Gasteiger partial charge in [0.1, 0.15) is 11.8 Å². The van der Waals surface area contributed by atoms with Crippen LogP contribution >= 0.6 is 0 Å². The molecule has 1 amide bonds. The Hall–Kier alpha value is -1.92. The molecule has 2 heterocycles. The Morgan fingerprint density at radius 1 is 1.18 bits per heavy atom. The fourth-order valence-corrected chi connectivity index (χ4v) is 3.36. The third-order valence-electron chi connectivity index (χ3n) is 4.25. The van der Waals surface area contributed by atoms with Crippen LogP contribution in [0.4, 0.5) is 0 Å². The molecule has 0 spiro atoms. The summed E-state index contributed by atoms with van der Waals surface area (Å²) >= 11 is 0. The largest absolute Gasteiger partial charge is 0.467 e. The van der Waals surface area contributed by atoms with E-state index in [2.05, 4.69) is 0 Å².